The van der Waals surface area contributed by atoms with Crippen molar-refractivity contribution in [2.75, 3.05) is 13.1 Å². The third-order valence-corrected chi connectivity index (χ3v) is 6.65. The van der Waals surface area contributed by atoms with Crippen LogP contribution in [0.3, 0.4) is 0 Å². The molecule has 0 saturated heterocycles. The molecule has 4 heterocycles. The lowest BCUT2D eigenvalue weighted by Crippen LogP contribution is -2.27. The minimum atomic E-state index is -0.394. The first kappa shape index (κ1) is 23.9. The van der Waals surface area contributed by atoms with Crippen LogP contribution >= 0.6 is 0 Å². The van der Waals surface area contributed by atoms with Crippen molar-refractivity contribution in [1.29, 1.82) is 0 Å². The predicted molar refractivity (Wildman–Crippen MR) is 131 cm³/mol. The summed E-state index contributed by atoms with van der Waals surface area (Å²) in [5.41, 5.74) is 2.45. The summed E-state index contributed by atoms with van der Waals surface area (Å²) in [6.07, 6.45) is 10.9. The largest absolute Gasteiger partial charge is 0.438 e. The van der Waals surface area contributed by atoms with Gasteiger partial charge in [-0.25, -0.2) is 19.6 Å². The maximum absolute atomic E-state index is 12.1. The van der Waals surface area contributed by atoms with E-state index in [1.54, 1.807) is 12.4 Å². The predicted octanol–water partition coefficient (Wildman–Crippen LogP) is 3.69. The highest BCUT2D eigenvalue weighted by Crippen LogP contribution is 2.28. The lowest BCUT2D eigenvalue weighted by atomic mass is 10.0. The SMILES string of the molecule is O=C(NCCCc1cccc(CCCNC(=O)OC2CCn3ccnc32)c1)OC1CCn2ccnc21. The van der Waals surface area contributed by atoms with Gasteiger partial charge in [-0.3, -0.25) is 0 Å². The highest BCUT2D eigenvalue weighted by atomic mass is 16.6. The topological polar surface area (TPSA) is 112 Å². The molecule has 0 fully saturated rings. The maximum Gasteiger partial charge on any atom is 0.407 e. The van der Waals surface area contributed by atoms with Gasteiger partial charge in [0.2, 0.25) is 0 Å². The summed E-state index contributed by atoms with van der Waals surface area (Å²) in [5, 5.41) is 5.69. The number of fused-ring (bicyclic) bond motifs is 2. The number of aryl methyl sites for hydroxylation is 4. The molecule has 0 radical (unpaired) electrons. The van der Waals surface area contributed by atoms with Gasteiger partial charge in [0.25, 0.3) is 0 Å². The molecular weight excluding hydrogens is 460 g/mol. The fraction of sp³-hybridized carbons (Fsp3) is 0.462. The number of hydrogen-bond donors (Lipinski definition) is 2. The second kappa shape index (κ2) is 11.3. The lowest BCUT2D eigenvalue weighted by Gasteiger charge is -2.12. The van der Waals surface area contributed by atoms with Crippen LogP contribution in [0.4, 0.5) is 9.59 Å². The summed E-state index contributed by atoms with van der Waals surface area (Å²) < 4.78 is 15.0. The molecule has 0 saturated carbocycles. The van der Waals surface area contributed by atoms with E-state index in [2.05, 4.69) is 44.9 Å². The molecule has 2 unspecified atom stereocenters. The number of imidazole rings is 2. The molecule has 2 aliphatic rings. The van der Waals surface area contributed by atoms with Gasteiger partial charge in [0.1, 0.15) is 11.6 Å². The zero-order valence-electron chi connectivity index (χ0n) is 20.3. The Kier molecular flexibility index (Phi) is 7.49. The fourth-order valence-corrected chi connectivity index (χ4v) is 4.84. The highest BCUT2D eigenvalue weighted by Gasteiger charge is 2.27. The minimum absolute atomic E-state index is 0.264. The number of nitrogens with one attached hydrogen (secondary N) is 2. The Bertz CT molecular complexity index is 1100. The van der Waals surface area contributed by atoms with Gasteiger partial charge < -0.3 is 29.2 Å². The second-order valence-electron chi connectivity index (χ2n) is 9.20. The van der Waals surface area contributed by atoms with Crippen LogP contribution in [0.2, 0.25) is 0 Å². The second-order valence-corrected chi connectivity index (χ2v) is 9.20. The van der Waals surface area contributed by atoms with Gasteiger partial charge in [-0.15, -0.1) is 0 Å². The van der Waals surface area contributed by atoms with Crippen molar-refractivity contribution >= 4 is 12.2 Å². The molecule has 3 aromatic rings. The van der Waals surface area contributed by atoms with Crippen LogP contribution in [0.1, 0.15) is 60.7 Å². The molecule has 5 rings (SSSR count). The van der Waals surface area contributed by atoms with E-state index in [9.17, 15) is 9.59 Å². The normalized spacial score (nSPS) is 17.9. The van der Waals surface area contributed by atoms with E-state index >= 15 is 0 Å². The molecule has 2 amide bonds. The molecular formula is C26H32N6O4. The van der Waals surface area contributed by atoms with Crippen LogP contribution in [0, 0.1) is 0 Å². The van der Waals surface area contributed by atoms with E-state index < -0.39 is 12.2 Å². The smallest absolute Gasteiger partial charge is 0.407 e. The van der Waals surface area contributed by atoms with Gasteiger partial charge in [0.05, 0.1) is 0 Å². The average Bonchev–Trinajstić information content (AvgIpc) is 3.65. The Morgan fingerprint density at radius 3 is 1.83 bits per heavy atom. The molecule has 0 bridgehead atoms. The number of ether oxygens (including phenoxy) is 2. The first-order valence-electron chi connectivity index (χ1n) is 12.6. The minimum Gasteiger partial charge on any atom is -0.438 e. The number of benzene rings is 1. The Morgan fingerprint density at radius 2 is 1.33 bits per heavy atom. The van der Waals surface area contributed by atoms with Crippen LogP contribution in [-0.2, 0) is 35.4 Å². The first-order valence-corrected chi connectivity index (χ1v) is 12.6. The molecule has 0 aliphatic carbocycles. The van der Waals surface area contributed by atoms with Gasteiger partial charge in [0, 0.05) is 63.8 Å². The molecule has 0 spiro atoms. The number of rotatable bonds is 10. The standard InChI is InChI=1S/C26H32N6O4/c33-25(35-21-8-14-31-16-12-27-23(21)31)29-10-2-6-19-4-1-5-20(18-19)7-3-11-30-26(34)36-22-9-15-32-17-13-28-24(22)32/h1,4-5,12-13,16-18,21-22H,2-3,6-11,14-15H2,(H,29,33)(H,30,34). The van der Waals surface area contributed by atoms with Crippen molar-refractivity contribution in [3.05, 3.63) is 71.8 Å². The van der Waals surface area contributed by atoms with Crippen molar-refractivity contribution in [2.24, 2.45) is 0 Å². The summed E-state index contributed by atoms with van der Waals surface area (Å²) in [7, 11) is 0. The van der Waals surface area contributed by atoms with Crippen molar-refractivity contribution < 1.29 is 19.1 Å². The van der Waals surface area contributed by atoms with Crippen molar-refractivity contribution in [2.45, 2.75) is 63.8 Å². The third kappa shape index (κ3) is 5.87. The van der Waals surface area contributed by atoms with Crippen LogP contribution in [-0.4, -0.2) is 44.4 Å². The number of carbonyl (C=O) groups excluding carboxylic acids is 2. The number of aromatic nitrogens is 4. The molecule has 2 N–H and O–H groups in total. The third-order valence-electron chi connectivity index (χ3n) is 6.65. The number of hydrogen-bond acceptors (Lipinski definition) is 6. The van der Waals surface area contributed by atoms with E-state index in [4.69, 9.17) is 9.47 Å². The Morgan fingerprint density at radius 1 is 0.833 bits per heavy atom. The van der Waals surface area contributed by atoms with E-state index in [1.807, 2.05) is 21.5 Å². The molecule has 36 heavy (non-hydrogen) atoms. The number of nitrogens with zero attached hydrogens (tertiary/aromatic N) is 4. The zero-order chi connectivity index (χ0) is 24.7. The van der Waals surface area contributed by atoms with Crippen molar-refractivity contribution in [3.8, 4) is 0 Å². The monoisotopic (exact) mass is 492 g/mol. The first-order chi connectivity index (χ1) is 17.7. The zero-order valence-corrected chi connectivity index (χ0v) is 20.3. The summed E-state index contributed by atoms with van der Waals surface area (Å²) in [6, 6.07) is 8.44. The van der Waals surface area contributed by atoms with Crippen LogP contribution < -0.4 is 10.6 Å². The number of alkyl carbamates (subject to hydrolysis) is 2. The quantitative estimate of drug-likeness (QED) is 0.418. The molecule has 2 aliphatic heterocycles. The molecule has 1 aromatic carbocycles. The van der Waals surface area contributed by atoms with Gasteiger partial charge >= 0.3 is 12.2 Å². The molecule has 2 atom stereocenters. The van der Waals surface area contributed by atoms with Gasteiger partial charge in [0.15, 0.2) is 12.2 Å². The molecule has 190 valence electrons. The van der Waals surface area contributed by atoms with Gasteiger partial charge in [-0.2, -0.15) is 0 Å². The summed E-state index contributed by atoms with van der Waals surface area (Å²) in [5.74, 6) is 1.63. The van der Waals surface area contributed by atoms with Crippen LogP contribution in [0.5, 0.6) is 0 Å². The Balaban J connectivity index is 0.955. The molecule has 10 heteroatoms. The van der Waals surface area contributed by atoms with Gasteiger partial charge in [-0.05, 0) is 36.8 Å². The lowest BCUT2D eigenvalue weighted by molar-refractivity contribution is 0.0954. The van der Waals surface area contributed by atoms with E-state index in [-0.39, 0.29) is 12.2 Å². The highest BCUT2D eigenvalue weighted by molar-refractivity contribution is 5.67. The fourth-order valence-electron chi connectivity index (χ4n) is 4.84. The summed E-state index contributed by atoms with van der Waals surface area (Å²) in [4.78, 5) is 32.8. The van der Waals surface area contributed by atoms with E-state index in [0.717, 1.165) is 63.3 Å². The van der Waals surface area contributed by atoms with Crippen molar-refractivity contribution in [3.63, 3.8) is 0 Å². The Hall–Kier alpha value is -3.82. The van der Waals surface area contributed by atoms with Crippen molar-refractivity contribution in [1.82, 2.24) is 29.7 Å². The van der Waals surface area contributed by atoms with Gasteiger partial charge in [-0.1, -0.05) is 24.3 Å². The van der Waals surface area contributed by atoms with E-state index in [1.165, 1.54) is 11.1 Å². The summed E-state index contributed by atoms with van der Waals surface area (Å²) >= 11 is 0. The van der Waals surface area contributed by atoms with Crippen LogP contribution in [0.25, 0.3) is 0 Å². The maximum atomic E-state index is 12.1. The molecule has 10 nitrogen and oxygen atoms in total. The number of carbonyl (C=O) groups is 2. The Labute approximate surface area is 210 Å². The number of amides is 2. The molecule has 2 aromatic heterocycles. The summed E-state index contributed by atoms with van der Waals surface area (Å²) in [6.45, 7) is 2.77. The average molecular weight is 493 g/mol. The van der Waals surface area contributed by atoms with Crippen LogP contribution in [0.15, 0.2) is 49.1 Å². The van der Waals surface area contributed by atoms with E-state index in [0.29, 0.717) is 13.1 Å².